The molecule has 1 N–H and O–H groups in total. The predicted molar refractivity (Wildman–Crippen MR) is 134 cm³/mol. The molecule has 0 saturated carbocycles. The predicted octanol–water partition coefficient (Wildman–Crippen LogP) is 9.26. The number of nitrogens with one attached hydrogen (secondary N) is 1. The Morgan fingerprint density at radius 2 is 0.972 bits per heavy atom. The molecule has 4 rings (SSSR count). The van der Waals surface area contributed by atoms with E-state index in [0.29, 0.717) is 11.1 Å². The van der Waals surface area contributed by atoms with E-state index in [-0.39, 0.29) is 11.1 Å². The van der Waals surface area contributed by atoms with Crippen LogP contribution in [-0.4, -0.2) is 7.05 Å². The maximum Gasteiger partial charge on any atom is 0.417 e. The molecule has 0 aliphatic carbocycles. The van der Waals surface area contributed by atoms with Gasteiger partial charge in [0.2, 0.25) is 0 Å². The second kappa shape index (κ2) is 9.93. The number of hydrogen-bond donors (Lipinski definition) is 1. The van der Waals surface area contributed by atoms with Gasteiger partial charge in [0.15, 0.2) is 0 Å². The summed E-state index contributed by atoms with van der Waals surface area (Å²) in [6.45, 7) is 0. The molecule has 0 heterocycles. The van der Waals surface area contributed by atoms with Gasteiger partial charge in [-0.1, -0.05) is 91.0 Å². The number of halogens is 6. The average Bonchev–Trinajstić information content (AvgIpc) is 2.85. The van der Waals surface area contributed by atoms with Crippen LogP contribution in [0, 0.1) is 0 Å². The first-order chi connectivity index (χ1) is 17.1. The van der Waals surface area contributed by atoms with Crippen molar-refractivity contribution in [2.24, 2.45) is 0 Å². The molecule has 0 atom stereocenters. The Balaban J connectivity index is 1.87. The van der Waals surface area contributed by atoms with Crippen LogP contribution in [0.4, 0.5) is 32.0 Å². The number of anilines is 1. The van der Waals surface area contributed by atoms with Crippen molar-refractivity contribution in [1.29, 1.82) is 0 Å². The summed E-state index contributed by atoms with van der Waals surface area (Å²) in [4.78, 5) is 0. The van der Waals surface area contributed by atoms with E-state index in [1.54, 1.807) is 61.6 Å². The molecule has 0 aromatic heterocycles. The van der Waals surface area contributed by atoms with Crippen molar-refractivity contribution in [1.82, 2.24) is 0 Å². The highest BCUT2D eigenvalue weighted by Gasteiger charge is 2.39. The zero-order valence-electron chi connectivity index (χ0n) is 19.1. The van der Waals surface area contributed by atoms with Crippen LogP contribution < -0.4 is 5.32 Å². The Bertz CT molecular complexity index is 1410. The van der Waals surface area contributed by atoms with Gasteiger partial charge in [-0.05, 0) is 45.2 Å². The SMILES string of the molecule is CNc1ccc(C=Cc2ccc3c(C(F)(F)F)c(C=Cc4ccccc4)ccc3c2C(F)(F)F)cc1. The van der Waals surface area contributed by atoms with Crippen LogP contribution in [-0.2, 0) is 12.4 Å². The summed E-state index contributed by atoms with van der Waals surface area (Å²) in [7, 11) is 1.74. The Kier molecular flexibility index (Phi) is 6.93. The van der Waals surface area contributed by atoms with Gasteiger partial charge in [0.05, 0.1) is 11.1 Å². The summed E-state index contributed by atoms with van der Waals surface area (Å²) in [5.74, 6) is 0. The second-order valence-electron chi connectivity index (χ2n) is 8.10. The second-order valence-corrected chi connectivity index (χ2v) is 8.10. The van der Waals surface area contributed by atoms with E-state index in [4.69, 9.17) is 0 Å². The van der Waals surface area contributed by atoms with E-state index in [0.717, 1.165) is 30.0 Å². The fraction of sp³-hybridized carbons (Fsp3) is 0.103. The van der Waals surface area contributed by atoms with E-state index >= 15 is 0 Å². The quantitative estimate of drug-likeness (QED) is 0.214. The van der Waals surface area contributed by atoms with Crippen molar-refractivity contribution in [3.05, 3.63) is 112 Å². The van der Waals surface area contributed by atoms with E-state index in [9.17, 15) is 26.3 Å². The fourth-order valence-electron chi connectivity index (χ4n) is 4.05. The molecule has 4 aromatic carbocycles. The topological polar surface area (TPSA) is 12.0 Å². The smallest absolute Gasteiger partial charge is 0.388 e. The Morgan fingerprint density at radius 1 is 0.528 bits per heavy atom. The van der Waals surface area contributed by atoms with Gasteiger partial charge in [-0.25, -0.2) is 0 Å². The van der Waals surface area contributed by atoms with Crippen molar-refractivity contribution >= 4 is 40.8 Å². The van der Waals surface area contributed by atoms with Crippen LogP contribution >= 0.6 is 0 Å². The van der Waals surface area contributed by atoms with Crippen LogP contribution in [0.5, 0.6) is 0 Å². The first kappa shape index (κ1) is 25.1. The molecule has 0 unspecified atom stereocenters. The molecule has 0 aliphatic rings. The van der Waals surface area contributed by atoms with Gasteiger partial charge in [0.25, 0.3) is 0 Å². The summed E-state index contributed by atoms with van der Waals surface area (Å²) in [5, 5.41) is 1.95. The zero-order chi connectivity index (χ0) is 25.9. The van der Waals surface area contributed by atoms with E-state index in [2.05, 4.69) is 5.32 Å². The number of hydrogen-bond acceptors (Lipinski definition) is 1. The van der Waals surface area contributed by atoms with Gasteiger partial charge in [0, 0.05) is 12.7 Å². The molecule has 1 nitrogen and oxygen atoms in total. The van der Waals surface area contributed by atoms with Crippen LogP contribution in [0.15, 0.2) is 78.9 Å². The molecule has 0 amide bonds. The third-order valence-corrected chi connectivity index (χ3v) is 5.74. The van der Waals surface area contributed by atoms with Crippen molar-refractivity contribution < 1.29 is 26.3 Å². The minimum absolute atomic E-state index is 0.208. The number of alkyl halides is 6. The van der Waals surface area contributed by atoms with Crippen molar-refractivity contribution in [2.45, 2.75) is 12.4 Å². The van der Waals surface area contributed by atoms with Gasteiger partial charge < -0.3 is 5.32 Å². The highest BCUT2D eigenvalue weighted by Crippen LogP contribution is 2.44. The first-order valence-corrected chi connectivity index (χ1v) is 11.0. The summed E-state index contributed by atoms with van der Waals surface area (Å²) in [6, 6.07) is 20.1. The molecule has 36 heavy (non-hydrogen) atoms. The van der Waals surface area contributed by atoms with Gasteiger partial charge in [-0.2, -0.15) is 26.3 Å². The standard InChI is InChI=1S/C29H21F6N/c1-36-23-15-9-20(10-16-23)8-12-22-14-18-24-25(27(22)29(33,34)35)17-13-21(26(24)28(30,31)32)11-7-19-5-3-2-4-6-19/h2-18,36H,1H3. The van der Waals surface area contributed by atoms with Crippen LogP contribution in [0.1, 0.15) is 33.4 Å². The molecular weight excluding hydrogens is 476 g/mol. The van der Waals surface area contributed by atoms with Gasteiger partial charge in [-0.3, -0.25) is 0 Å². The van der Waals surface area contributed by atoms with E-state index < -0.39 is 34.3 Å². The minimum atomic E-state index is -4.86. The summed E-state index contributed by atoms with van der Waals surface area (Å²) in [6.07, 6.45) is -4.18. The van der Waals surface area contributed by atoms with Gasteiger partial charge >= 0.3 is 12.4 Å². The molecule has 0 radical (unpaired) electrons. The Hall–Kier alpha value is -4.00. The number of rotatable bonds is 5. The largest absolute Gasteiger partial charge is 0.417 e. The lowest BCUT2D eigenvalue weighted by atomic mass is 9.91. The van der Waals surface area contributed by atoms with Crippen LogP contribution in [0.3, 0.4) is 0 Å². The van der Waals surface area contributed by atoms with Gasteiger partial charge in [-0.15, -0.1) is 0 Å². The summed E-state index contributed by atoms with van der Waals surface area (Å²) < 4.78 is 84.9. The maximum atomic E-state index is 14.2. The fourth-order valence-corrected chi connectivity index (χ4v) is 4.05. The zero-order valence-corrected chi connectivity index (χ0v) is 19.1. The lowest BCUT2D eigenvalue weighted by Gasteiger charge is -2.19. The number of fused-ring (bicyclic) bond motifs is 1. The molecule has 0 saturated heterocycles. The highest BCUT2D eigenvalue weighted by molar-refractivity contribution is 5.96. The molecular formula is C29H21F6N. The van der Waals surface area contributed by atoms with E-state index in [1.807, 2.05) is 0 Å². The van der Waals surface area contributed by atoms with Gasteiger partial charge in [0.1, 0.15) is 0 Å². The normalized spacial score (nSPS) is 12.6. The summed E-state index contributed by atoms with van der Waals surface area (Å²) in [5.41, 5.74) is -0.466. The molecule has 0 aliphatic heterocycles. The average molecular weight is 497 g/mol. The van der Waals surface area contributed by atoms with Crippen LogP contribution in [0.25, 0.3) is 35.1 Å². The van der Waals surface area contributed by atoms with E-state index in [1.165, 1.54) is 24.3 Å². The molecule has 0 spiro atoms. The molecule has 0 bridgehead atoms. The summed E-state index contributed by atoms with van der Waals surface area (Å²) >= 11 is 0. The third-order valence-electron chi connectivity index (χ3n) is 5.74. The highest BCUT2D eigenvalue weighted by atomic mass is 19.4. The first-order valence-electron chi connectivity index (χ1n) is 11.0. The lowest BCUT2D eigenvalue weighted by molar-refractivity contribution is -0.138. The number of benzene rings is 4. The maximum absolute atomic E-state index is 14.2. The van der Waals surface area contributed by atoms with Crippen molar-refractivity contribution in [2.75, 3.05) is 12.4 Å². The Morgan fingerprint density at radius 3 is 1.39 bits per heavy atom. The molecule has 7 heteroatoms. The molecule has 4 aromatic rings. The van der Waals surface area contributed by atoms with Crippen molar-refractivity contribution in [3.63, 3.8) is 0 Å². The third kappa shape index (κ3) is 5.46. The van der Waals surface area contributed by atoms with Crippen LogP contribution in [0.2, 0.25) is 0 Å². The minimum Gasteiger partial charge on any atom is -0.388 e. The molecule has 184 valence electrons. The monoisotopic (exact) mass is 497 g/mol. The lowest BCUT2D eigenvalue weighted by Crippen LogP contribution is -2.12. The molecule has 0 fully saturated rings. The Labute approximate surface area is 204 Å². The van der Waals surface area contributed by atoms with Crippen molar-refractivity contribution in [3.8, 4) is 0 Å².